The first kappa shape index (κ1) is 13.2. The summed E-state index contributed by atoms with van der Waals surface area (Å²) >= 11 is 1.69. The van der Waals surface area contributed by atoms with Gasteiger partial charge in [-0.05, 0) is 12.2 Å². The molecule has 0 fully saturated rings. The molecule has 0 aliphatic rings. The van der Waals surface area contributed by atoms with Gasteiger partial charge in [0.1, 0.15) is 0 Å². The van der Waals surface area contributed by atoms with Crippen LogP contribution in [0, 0.1) is 0 Å². The van der Waals surface area contributed by atoms with Gasteiger partial charge in [-0.1, -0.05) is 13.8 Å². The van der Waals surface area contributed by atoms with Gasteiger partial charge >= 0.3 is 0 Å². The molecule has 3 nitrogen and oxygen atoms in total. The smallest absolute Gasteiger partial charge is 0.0863 e. The van der Waals surface area contributed by atoms with Crippen molar-refractivity contribution >= 4 is 11.8 Å². The van der Waals surface area contributed by atoms with E-state index in [1.165, 1.54) is 0 Å². The first-order valence-electron chi connectivity index (χ1n) is 4.72. The molecule has 0 aromatic heterocycles. The Hall–Kier alpha value is 0.230. The molecule has 0 bridgehead atoms. The van der Waals surface area contributed by atoms with Crippen molar-refractivity contribution in [3.63, 3.8) is 0 Å². The van der Waals surface area contributed by atoms with Gasteiger partial charge in [-0.3, -0.25) is 0 Å². The molecular formula is C9H20O3S. The van der Waals surface area contributed by atoms with Crippen LogP contribution < -0.4 is 0 Å². The second-order valence-electron chi connectivity index (χ2n) is 2.91. The summed E-state index contributed by atoms with van der Waals surface area (Å²) in [4.78, 5) is 0. The van der Waals surface area contributed by atoms with Crippen LogP contribution in [0.4, 0.5) is 0 Å². The Morgan fingerprint density at radius 1 is 1.15 bits per heavy atom. The van der Waals surface area contributed by atoms with Gasteiger partial charge in [0.05, 0.1) is 25.4 Å². The standard InChI is InChI=1S/C9H20O3S/c1-3-8(10)5-12-6-9(11)7-13-4-2/h8-11H,3-7H2,1-2H3. The molecule has 0 aliphatic heterocycles. The van der Waals surface area contributed by atoms with Gasteiger partial charge in [0.2, 0.25) is 0 Å². The van der Waals surface area contributed by atoms with Crippen LogP contribution in [0.2, 0.25) is 0 Å². The number of thioether (sulfide) groups is 1. The predicted octanol–water partition coefficient (Wildman–Crippen LogP) is 0.888. The molecule has 2 N–H and O–H groups in total. The summed E-state index contributed by atoms with van der Waals surface area (Å²) < 4.78 is 5.13. The third-order valence-electron chi connectivity index (χ3n) is 1.61. The number of aliphatic hydroxyl groups is 2. The van der Waals surface area contributed by atoms with Crippen molar-refractivity contribution in [2.45, 2.75) is 32.5 Å². The Morgan fingerprint density at radius 2 is 1.77 bits per heavy atom. The second-order valence-corrected chi connectivity index (χ2v) is 4.23. The van der Waals surface area contributed by atoms with E-state index in [0.717, 1.165) is 5.75 Å². The molecule has 0 spiro atoms. The zero-order valence-corrected chi connectivity index (χ0v) is 9.22. The topological polar surface area (TPSA) is 49.7 Å². The van der Waals surface area contributed by atoms with Crippen molar-refractivity contribution in [3.05, 3.63) is 0 Å². The first-order valence-corrected chi connectivity index (χ1v) is 5.87. The highest BCUT2D eigenvalue weighted by Gasteiger charge is 2.05. The quantitative estimate of drug-likeness (QED) is 0.622. The van der Waals surface area contributed by atoms with Gasteiger partial charge in [-0.25, -0.2) is 0 Å². The normalized spacial score (nSPS) is 15.7. The number of aliphatic hydroxyl groups excluding tert-OH is 2. The summed E-state index contributed by atoms with van der Waals surface area (Å²) in [5, 5.41) is 18.5. The lowest BCUT2D eigenvalue weighted by Gasteiger charge is -2.12. The molecule has 0 rings (SSSR count). The lowest BCUT2D eigenvalue weighted by molar-refractivity contribution is -0.00157. The lowest BCUT2D eigenvalue weighted by atomic mass is 10.3. The zero-order valence-electron chi connectivity index (χ0n) is 8.40. The molecule has 0 saturated heterocycles. The first-order chi connectivity index (χ1) is 6.20. The van der Waals surface area contributed by atoms with Crippen LogP contribution in [0.5, 0.6) is 0 Å². The van der Waals surface area contributed by atoms with Gasteiger partial charge in [0.15, 0.2) is 0 Å². The maximum atomic E-state index is 9.34. The Labute approximate surface area is 84.5 Å². The lowest BCUT2D eigenvalue weighted by Crippen LogP contribution is -2.22. The SMILES string of the molecule is CCSCC(O)COCC(O)CC. The minimum Gasteiger partial charge on any atom is -0.391 e. The molecule has 2 atom stereocenters. The molecule has 13 heavy (non-hydrogen) atoms. The monoisotopic (exact) mass is 208 g/mol. The van der Waals surface area contributed by atoms with E-state index in [1.54, 1.807) is 11.8 Å². The van der Waals surface area contributed by atoms with E-state index in [9.17, 15) is 5.11 Å². The van der Waals surface area contributed by atoms with Crippen LogP contribution in [0.3, 0.4) is 0 Å². The third-order valence-corrected chi connectivity index (χ3v) is 2.63. The molecular weight excluding hydrogens is 188 g/mol. The second kappa shape index (κ2) is 8.81. The van der Waals surface area contributed by atoms with Crippen molar-refractivity contribution in [1.29, 1.82) is 0 Å². The number of hydrogen-bond donors (Lipinski definition) is 2. The van der Waals surface area contributed by atoms with Crippen LogP contribution in [-0.2, 0) is 4.74 Å². The van der Waals surface area contributed by atoms with Gasteiger partial charge in [-0.15, -0.1) is 0 Å². The zero-order chi connectivity index (χ0) is 10.1. The van der Waals surface area contributed by atoms with Crippen LogP contribution >= 0.6 is 11.8 Å². The molecule has 4 heteroatoms. The fourth-order valence-electron chi connectivity index (χ4n) is 0.760. The minimum absolute atomic E-state index is 0.323. The maximum Gasteiger partial charge on any atom is 0.0863 e. The van der Waals surface area contributed by atoms with Crippen LogP contribution in [-0.4, -0.2) is 47.1 Å². The molecule has 80 valence electrons. The Kier molecular flexibility index (Phi) is 8.97. The summed E-state index contributed by atoms with van der Waals surface area (Å²) in [7, 11) is 0. The highest BCUT2D eigenvalue weighted by atomic mass is 32.2. The highest BCUT2D eigenvalue weighted by molar-refractivity contribution is 7.99. The summed E-state index contributed by atoms with van der Waals surface area (Å²) in [6, 6.07) is 0. The van der Waals surface area contributed by atoms with Crippen molar-refractivity contribution in [2.24, 2.45) is 0 Å². The molecule has 0 aromatic rings. The van der Waals surface area contributed by atoms with Gasteiger partial charge in [-0.2, -0.15) is 11.8 Å². The molecule has 0 saturated carbocycles. The van der Waals surface area contributed by atoms with E-state index in [-0.39, 0.29) is 0 Å². The summed E-state index contributed by atoms with van der Waals surface area (Å²) in [5.74, 6) is 1.72. The van der Waals surface area contributed by atoms with Crippen LogP contribution in [0.25, 0.3) is 0 Å². The Morgan fingerprint density at radius 3 is 2.31 bits per heavy atom. The van der Waals surface area contributed by atoms with Gasteiger partial charge in [0, 0.05) is 5.75 Å². The van der Waals surface area contributed by atoms with E-state index < -0.39 is 12.2 Å². The van der Waals surface area contributed by atoms with Crippen molar-refractivity contribution in [3.8, 4) is 0 Å². The maximum absolute atomic E-state index is 9.34. The average molecular weight is 208 g/mol. The predicted molar refractivity (Wildman–Crippen MR) is 56.1 cm³/mol. The molecule has 0 radical (unpaired) electrons. The molecule has 0 aliphatic carbocycles. The summed E-state index contributed by atoms with van der Waals surface area (Å²) in [6.45, 7) is 4.60. The van der Waals surface area contributed by atoms with E-state index in [1.807, 2.05) is 6.92 Å². The Balaban J connectivity index is 3.21. The highest BCUT2D eigenvalue weighted by Crippen LogP contribution is 2.02. The molecule has 0 amide bonds. The van der Waals surface area contributed by atoms with Crippen molar-refractivity contribution in [2.75, 3.05) is 24.7 Å². The van der Waals surface area contributed by atoms with E-state index >= 15 is 0 Å². The summed E-state index contributed by atoms with van der Waals surface area (Å²) in [6.07, 6.45) is -0.111. The summed E-state index contributed by atoms with van der Waals surface area (Å²) in [5.41, 5.74) is 0. The van der Waals surface area contributed by atoms with Crippen molar-refractivity contribution < 1.29 is 14.9 Å². The molecule has 0 aromatic carbocycles. The third kappa shape index (κ3) is 8.56. The molecule has 0 heterocycles. The van der Waals surface area contributed by atoms with Crippen LogP contribution in [0.1, 0.15) is 20.3 Å². The average Bonchev–Trinajstić information content (AvgIpc) is 2.14. The Bertz CT molecular complexity index is 111. The number of ether oxygens (including phenoxy) is 1. The largest absolute Gasteiger partial charge is 0.391 e. The fraction of sp³-hybridized carbons (Fsp3) is 1.00. The van der Waals surface area contributed by atoms with Crippen molar-refractivity contribution in [1.82, 2.24) is 0 Å². The van der Waals surface area contributed by atoms with Gasteiger partial charge < -0.3 is 14.9 Å². The van der Waals surface area contributed by atoms with E-state index in [4.69, 9.17) is 9.84 Å². The van der Waals surface area contributed by atoms with Crippen LogP contribution in [0.15, 0.2) is 0 Å². The van der Waals surface area contributed by atoms with Gasteiger partial charge in [0.25, 0.3) is 0 Å². The minimum atomic E-state index is -0.408. The number of rotatable bonds is 8. The van der Waals surface area contributed by atoms with E-state index in [2.05, 4.69) is 6.92 Å². The number of hydrogen-bond acceptors (Lipinski definition) is 4. The fourth-order valence-corrected chi connectivity index (χ4v) is 1.36. The van der Waals surface area contributed by atoms with E-state index in [0.29, 0.717) is 25.4 Å². The molecule has 2 unspecified atom stereocenters.